The van der Waals surface area contributed by atoms with Gasteiger partial charge in [-0.1, -0.05) is 17.7 Å². The number of hydrogen-bond donors (Lipinski definition) is 0. The summed E-state index contributed by atoms with van der Waals surface area (Å²) in [5, 5.41) is 6.03. The molecule has 23 heavy (non-hydrogen) atoms. The van der Waals surface area contributed by atoms with E-state index in [2.05, 4.69) is 16.7 Å². The fourth-order valence-electron chi connectivity index (χ4n) is 4.07. The van der Waals surface area contributed by atoms with Crippen LogP contribution in [0.5, 0.6) is 0 Å². The number of fused-ring (bicyclic) bond motifs is 2. The maximum Gasteiger partial charge on any atom is 0.163 e. The zero-order chi connectivity index (χ0) is 16.4. The van der Waals surface area contributed by atoms with Crippen molar-refractivity contribution in [2.24, 2.45) is 13.0 Å². The largest absolute Gasteiger partial charge is 0.344 e. The van der Waals surface area contributed by atoms with E-state index in [0.717, 1.165) is 23.0 Å². The molecule has 5 nitrogen and oxygen atoms in total. The third kappa shape index (κ3) is 2.22. The van der Waals surface area contributed by atoms with E-state index in [0.29, 0.717) is 5.15 Å². The molecule has 0 spiro atoms. The lowest BCUT2D eigenvalue weighted by Crippen LogP contribution is -2.25. The molecule has 6 heteroatoms. The van der Waals surface area contributed by atoms with Crippen LogP contribution in [0.25, 0.3) is 10.9 Å². The Hall–Kier alpha value is -1.43. The van der Waals surface area contributed by atoms with Gasteiger partial charge in [0.2, 0.25) is 0 Å². The standard InChI is InChI=1S/C17H20ClN3O2/c1-5-9-8-11(15-14(9)22-17(2,3)23-15)13-10-6-7-19-16(18)12(10)20-21(13)4/h5-7,9,11,14-15H,1,8H2,2-4H3/t9-,11-,14+,15-/m0/s1. The van der Waals surface area contributed by atoms with E-state index in [1.165, 1.54) is 0 Å². The second kappa shape index (κ2) is 5.03. The molecule has 4 rings (SSSR count). The normalized spacial score (nSPS) is 32.3. The van der Waals surface area contributed by atoms with E-state index in [-0.39, 0.29) is 24.0 Å². The Morgan fingerprint density at radius 1 is 1.39 bits per heavy atom. The highest BCUT2D eigenvalue weighted by Crippen LogP contribution is 2.50. The third-order valence-corrected chi connectivity index (χ3v) is 5.19. The maximum atomic E-state index is 6.22. The van der Waals surface area contributed by atoms with Gasteiger partial charge in [0.25, 0.3) is 0 Å². The lowest BCUT2D eigenvalue weighted by atomic mass is 9.97. The van der Waals surface area contributed by atoms with Crippen molar-refractivity contribution in [2.45, 2.75) is 44.2 Å². The lowest BCUT2D eigenvalue weighted by molar-refractivity contribution is -0.156. The predicted molar refractivity (Wildman–Crippen MR) is 88.4 cm³/mol. The molecule has 1 aliphatic heterocycles. The van der Waals surface area contributed by atoms with Crippen molar-refractivity contribution in [3.05, 3.63) is 35.8 Å². The number of halogens is 1. The van der Waals surface area contributed by atoms with Gasteiger partial charge < -0.3 is 9.47 Å². The number of nitrogens with zero attached hydrogens (tertiary/aromatic N) is 3. The van der Waals surface area contributed by atoms with Gasteiger partial charge in [0.15, 0.2) is 10.9 Å². The number of pyridine rings is 1. The molecule has 0 aromatic carbocycles. The number of ether oxygens (including phenoxy) is 2. The number of rotatable bonds is 2. The molecule has 0 bridgehead atoms. The van der Waals surface area contributed by atoms with Gasteiger partial charge >= 0.3 is 0 Å². The minimum Gasteiger partial charge on any atom is -0.344 e. The average molecular weight is 334 g/mol. The summed E-state index contributed by atoms with van der Waals surface area (Å²) in [6, 6.07) is 1.97. The molecule has 0 N–H and O–H groups in total. The molecule has 2 aliphatic rings. The summed E-state index contributed by atoms with van der Waals surface area (Å²) in [7, 11) is 1.95. The topological polar surface area (TPSA) is 49.2 Å². The fourth-order valence-corrected chi connectivity index (χ4v) is 4.26. The van der Waals surface area contributed by atoms with Gasteiger partial charge in [-0.2, -0.15) is 5.10 Å². The van der Waals surface area contributed by atoms with Crippen molar-refractivity contribution >= 4 is 22.5 Å². The van der Waals surface area contributed by atoms with Gasteiger partial charge in [0.05, 0.1) is 17.9 Å². The number of hydrogen-bond acceptors (Lipinski definition) is 4. The van der Waals surface area contributed by atoms with E-state index >= 15 is 0 Å². The van der Waals surface area contributed by atoms with Gasteiger partial charge in [-0.15, -0.1) is 6.58 Å². The molecule has 3 heterocycles. The third-order valence-electron chi connectivity index (χ3n) is 4.92. The smallest absolute Gasteiger partial charge is 0.163 e. The monoisotopic (exact) mass is 333 g/mol. The van der Waals surface area contributed by atoms with Gasteiger partial charge in [0.1, 0.15) is 5.52 Å². The fraction of sp³-hybridized carbons (Fsp3) is 0.529. The molecule has 1 saturated carbocycles. The Bertz CT molecular complexity index is 785. The van der Waals surface area contributed by atoms with Gasteiger partial charge in [-0.05, 0) is 26.3 Å². The molecular formula is C17H20ClN3O2. The molecule has 0 unspecified atom stereocenters. The van der Waals surface area contributed by atoms with Crippen LogP contribution >= 0.6 is 11.6 Å². The van der Waals surface area contributed by atoms with Crippen LogP contribution in [0.1, 0.15) is 31.9 Å². The minimum absolute atomic E-state index is 0.00135. The van der Waals surface area contributed by atoms with Gasteiger partial charge in [-0.25, -0.2) is 4.98 Å². The summed E-state index contributed by atoms with van der Waals surface area (Å²) in [4.78, 5) is 4.13. The summed E-state index contributed by atoms with van der Waals surface area (Å²) in [6.45, 7) is 7.90. The second-order valence-corrected chi connectivity index (χ2v) is 7.17. The van der Waals surface area contributed by atoms with Crippen LogP contribution < -0.4 is 0 Å². The quantitative estimate of drug-likeness (QED) is 0.624. The molecule has 2 fully saturated rings. The highest BCUT2D eigenvalue weighted by Gasteiger charge is 2.54. The molecule has 4 atom stereocenters. The predicted octanol–water partition coefficient (Wildman–Crippen LogP) is 3.43. The molecule has 1 aliphatic carbocycles. The van der Waals surface area contributed by atoms with E-state index in [1.807, 2.05) is 37.7 Å². The van der Waals surface area contributed by atoms with E-state index in [9.17, 15) is 0 Å². The number of aryl methyl sites for hydroxylation is 1. The van der Waals surface area contributed by atoms with E-state index < -0.39 is 5.79 Å². The van der Waals surface area contributed by atoms with Crippen molar-refractivity contribution in [1.82, 2.24) is 14.8 Å². The Kier molecular flexibility index (Phi) is 3.31. The van der Waals surface area contributed by atoms with Crippen LogP contribution in [0.3, 0.4) is 0 Å². The van der Waals surface area contributed by atoms with Crippen molar-refractivity contribution < 1.29 is 9.47 Å². The SMILES string of the molecule is C=C[C@H]1C[C@@H](c2c3ccnc(Cl)c3nn2C)[C@@H]2OC(C)(C)O[C@@H]21. The lowest BCUT2D eigenvalue weighted by Gasteiger charge is -2.23. The highest BCUT2D eigenvalue weighted by atomic mass is 35.5. The first-order chi connectivity index (χ1) is 10.9. The van der Waals surface area contributed by atoms with Crippen molar-refractivity contribution in [2.75, 3.05) is 0 Å². The van der Waals surface area contributed by atoms with Gasteiger partial charge in [-0.3, -0.25) is 4.68 Å². The maximum absolute atomic E-state index is 6.22. The Morgan fingerprint density at radius 3 is 2.87 bits per heavy atom. The zero-order valence-electron chi connectivity index (χ0n) is 13.5. The van der Waals surface area contributed by atoms with Crippen LogP contribution in [-0.2, 0) is 16.5 Å². The highest BCUT2D eigenvalue weighted by molar-refractivity contribution is 6.33. The van der Waals surface area contributed by atoms with Gasteiger partial charge in [0, 0.05) is 30.5 Å². The molecular weight excluding hydrogens is 314 g/mol. The summed E-state index contributed by atoms with van der Waals surface area (Å²) < 4.78 is 14.2. The van der Waals surface area contributed by atoms with Crippen LogP contribution in [0.4, 0.5) is 0 Å². The second-order valence-electron chi connectivity index (χ2n) is 6.81. The first-order valence-electron chi connectivity index (χ1n) is 7.86. The zero-order valence-corrected chi connectivity index (χ0v) is 14.2. The van der Waals surface area contributed by atoms with Crippen LogP contribution in [0, 0.1) is 5.92 Å². The van der Waals surface area contributed by atoms with Crippen molar-refractivity contribution in [1.29, 1.82) is 0 Å². The molecule has 1 saturated heterocycles. The molecule has 122 valence electrons. The van der Waals surface area contributed by atoms with Crippen LogP contribution in [0.15, 0.2) is 24.9 Å². The molecule has 2 aromatic rings. The van der Waals surface area contributed by atoms with E-state index in [1.54, 1.807) is 6.20 Å². The van der Waals surface area contributed by atoms with Crippen LogP contribution in [-0.4, -0.2) is 32.8 Å². The number of aromatic nitrogens is 3. The summed E-state index contributed by atoms with van der Waals surface area (Å²) in [5.41, 5.74) is 1.87. The average Bonchev–Trinajstić information content (AvgIpc) is 3.08. The summed E-state index contributed by atoms with van der Waals surface area (Å²) >= 11 is 6.20. The van der Waals surface area contributed by atoms with Crippen molar-refractivity contribution in [3.63, 3.8) is 0 Å². The first-order valence-corrected chi connectivity index (χ1v) is 8.24. The molecule has 2 aromatic heterocycles. The minimum atomic E-state index is -0.567. The Balaban J connectivity index is 1.83. The Labute approximate surface area is 140 Å². The first kappa shape index (κ1) is 15.1. The van der Waals surface area contributed by atoms with Crippen LogP contribution in [0.2, 0.25) is 5.15 Å². The van der Waals surface area contributed by atoms with E-state index in [4.69, 9.17) is 21.1 Å². The summed E-state index contributed by atoms with van der Waals surface area (Å²) in [5.74, 6) is -0.102. The molecule has 0 amide bonds. The van der Waals surface area contributed by atoms with Crippen molar-refractivity contribution in [3.8, 4) is 0 Å². The molecule has 0 radical (unpaired) electrons. The Morgan fingerprint density at radius 2 is 2.13 bits per heavy atom. The summed E-state index contributed by atoms with van der Waals surface area (Å²) in [6.07, 6.45) is 4.68.